The lowest BCUT2D eigenvalue weighted by atomic mass is 10.1. The Bertz CT molecular complexity index is 179. The third-order valence-electron chi connectivity index (χ3n) is 1.44. The molecule has 1 unspecified atom stereocenters. The van der Waals surface area contributed by atoms with Crippen molar-refractivity contribution in [3.63, 3.8) is 0 Å². The normalized spacial score (nSPS) is 14.3. The molecule has 0 aliphatic carbocycles. The summed E-state index contributed by atoms with van der Waals surface area (Å²) in [7, 11) is 0. The maximum Gasteiger partial charge on any atom is 0.395 e. The van der Waals surface area contributed by atoms with Crippen molar-refractivity contribution in [2.75, 3.05) is 6.26 Å². The minimum atomic E-state index is -4.11. The lowest BCUT2D eigenvalue weighted by Gasteiger charge is -2.16. The third kappa shape index (κ3) is 5.64. The van der Waals surface area contributed by atoms with Crippen LogP contribution in [0, 0.1) is 18.8 Å². The molecule has 0 aromatic carbocycles. The van der Waals surface area contributed by atoms with E-state index in [2.05, 4.69) is 12.8 Å². The van der Waals surface area contributed by atoms with Gasteiger partial charge >= 0.3 is 6.18 Å². The zero-order valence-electron chi connectivity index (χ0n) is 7.85. The van der Waals surface area contributed by atoms with E-state index >= 15 is 0 Å². The fourth-order valence-corrected chi connectivity index (χ4v) is 1.43. The predicted octanol–water partition coefficient (Wildman–Crippen LogP) is 3.70. The second-order valence-electron chi connectivity index (χ2n) is 2.16. The van der Waals surface area contributed by atoms with Crippen molar-refractivity contribution in [3.8, 4) is 12.8 Å². The van der Waals surface area contributed by atoms with Gasteiger partial charge in [-0.25, -0.2) is 0 Å². The van der Waals surface area contributed by atoms with Crippen LogP contribution in [0.1, 0.15) is 13.8 Å². The smallest absolute Gasteiger partial charge is 0.170 e. The Morgan fingerprint density at radius 2 is 1.77 bits per heavy atom. The Morgan fingerprint density at radius 3 is 1.85 bits per heavy atom. The van der Waals surface area contributed by atoms with Crippen LogP contribution in [0.2, 0.25) is 0 Å². The number of halogens is 3. The maximum absolute atomic E-state index is 12.0. The summed E-state index contributed by atoms with van der Waals surface area (Å²) in [5, 5.41) is 0. The second kappa shape index (κ2) is 6.90. The summed E-state index contributed by atoms with van der Waals surface area (Å²) < 4.78 is 36.1. The molecule has 0 aromatic heterocycles. The molecule has 0 saturated carbocycles. The molecule has 0 rings (SSSR count). The SMILES string of the molecule is C#C.C/C=C(\SC)C(C)C(F)(F)F. The van der Waals surface area contributed by atoms with Crippen LogP contribution >= 0.6 is 11.8 Å². The van der Waals surface area contributed by atoms with E-state index in [1.54, 1.807) is 13.2 Å². The maximum atomic E-state index is 12.0. The third-order valence-corrected chi connectivity index (χ3v) is 2.50. The highest BCUT2D eigenvalue weighted by Crippen LogP contribution is 2.35. The quantitative estimate of drug-likeness (QED) is 0.626. The average Bonchev–Trinajstić information content (AvgIpc) is 2.08. The van der Waals surface area contributed by atoms with Gasteiger partial charge in [0.25, 0.3) is 0 Å². The molecule has 0 aliphatic heterocycles. The van der Waals surface area contributed by atoms with Crippen LogP contribution in [0.25, 0.3) is 0 Å². The monoisotopic (exact) mass is 210 g/mol. The van der Waals surface area contributed by atoms with Crippen molar-refractivity contribution in [1.82, 2.24) is 0 Å². The average molecular weight is 210 g/mol. The molecule has 0 heterocycles. The molecular weight excluding hydrogens is 197 g/mol. The first-order valence-corrected chi connectivity index (χ1v) is 4.76. The standard InChI is InChI=1S/C7H11F3S.C2H2/c1-4-6(11-3)5(2)7(8,9)10;1-2/h4-5H,1-3H3;1-2H/b6-4-;. The van der Waals surface area contributed by atoms with Gasteiger partial charge in [0.2, 0.25) is 0 Å². The van der Waals surface area contributed by atoms with Crippen molar-refractivity contribution in [2.24, 2.45) is 5.92 Å². The Labute approximate surface area is 81.6 Å². The second-order valence-corrected chi connectivity index (χ2v) is 3.04. The molecule has 13 heavy (non-hydrogen) atoms. The van der Waals surface area contributed by atoms with Gasteiger partial charge < -0.3 is 0 Å². The van der Waals surface area contributed by atoms with Crippen molar-refractivity contribution in [3.05, 3.63) is 11.0 Å². The molecule has 1 atom stereocenters. The number of thioether (sulfide) groups is 1. The Balaban J connectivity index is 0. The number of allylic oxidation sites excluding steroid dienone is 2. The van der Waals surface area contributed by atoms with Crippen LogP contribution in [0.3, 0.4) is 0 Å². The molecule has 0 bridgehead atoms. The Kier molecular flexibility index (Phi) is 7.93. The van der Waals surface area contributed by atoms with Crippen molar-refractivity contribution < 1.29 is 13.2 Å². The van der Waals surface area contributed by atoms with E-state index in [1.165, 1.54) is 13.0 Å². The molecular formula is C9H13F3S. The molecule has 0 aromatic rings. The zero-order chi connectivity index (χ0) is 11.1. The number of alkyl halides is 3. The van der Waals surface area contributed by atoms with E-state index in [9.17, 15) is 13.2 Å². The summed E-state index contributed by atoms with van der Waals surface area (Å²) in [6.45, 7) is 2.79. The minimum Gasteiger partial charge on any atom is -0.170 e. The Morgan fingerprint density at radius 1 is 1.38 bits per heavy atom. The van der Waals surface area contributed by atoms with Crippen molar-refractivity contribution in [2.45, 2.75) is 20.0 Å². The largest absolute Gasteiger partial charge is 0.395 e. The van der Waals surface area contributed by atoms with E-state index in [4.69, 9.17) is 0 Å². The molecule has 0 N–H and O–H groups in total. The van der Waals surface area contributed by atoms with Crippen LogP contribution < -0.4 is 0 Å². The van der Waals surface area contributed by atoms with E-state index in [0.29, 0.717) is 4.91 Å². The molecule has 0 radical (unpaired) electrons. The van der Waals surface area contributed by atoms with Gasteiger partial charge in [-0.1, -0.05) is 6.08 Å². The van der Waals surface area contributed by atoms with Crippen LogP contribution in [-0.4, -0.2) is 12.4 Å². The molecule has 0 spiro atoms. The van der Waals surface area contributed by atoms with E-state index in [1.807, 2.05) is 0 Å². The fourth-order valence-electron chi connectivity index (χ4n) is 0.706. The summed E-state index contributed by atoms with van der Waals surface area (Å²) in [4.78, 5) is 0.373. The first-order valence-electron chi connectivity index (χ1n) is 3.53. The highest BCUT2D eigenvalue weighted by Gasteiger charge is 2.37. The first kappa shape index (κ1) is 14.9. The van der Waals surface area contributed by atoms with Gasteiger partial charge in [-0.3, -0.25) is 0 Å². The number of terminal acetylenes is 1. The van der Waals surface area contributed by atoms with Crippen LogP contribution in [0.15, 0.2) is 11.0 Å². The summed E-state index contributed by atoms with van der Waals surface area (Å²) in [6.07, 6.45) is 7.05. The molecule has 0 saturated heterocycles. The molecule has 0 amide bonds. The van der Waals surface area contributed by atoms with Gasteiger partial charge in [-0.15, -0.1) is 24.6 Å². The first-order chi connectivity index (χ1) is 5.93. The molecule has 0 nitrogen and oxygen atoms in total. The summed E-state index contributed by atoms with van der Waals surface area (Å²) in [5.41, 5.74) is 0. The van der Waals surface area contributed by atoms with Gasteiger partial charge in [0.1, 0.15) is 0 Å². The summed E-state index contributed by atoms with van der Waals surface area (Å²) in [5.74, 6) is -1.33. The van der Waals surface area contributed by atoms with Gasteiger partial charge in [-0.2, -0.15) is 13.2 Å². The molecule has 0 aliphatic rings. The van der Waals surface area contributed by atoms with Crippen LogP contribution in [0.4, 0.5) is 13.2 Å². The van der Waals surface area contributed by atoms with Crippen LogP contribution in [-0.2, 0) is 0 Å². The van der Waals surface area contributed by atoms with Crippen molar-refractivity contribution in [1.29, 1.82) is 0 Å². The summed E-state index contributed by atoms with van der Waals surface area (Å²) in [6, 6.07) is 0. The topological polar surface area (TPSA) is 0 Å². The number of hydrogen-bond donors (Lipinski definition) is 0. The number of hydrogen-bond acceptors (Lipinski definition) is 1. The van der Waals surface area contributed by atoms with E-state index < -0.39 is 12.1 Å². The summed E-state index contributed by atoms with van der Waals surface area (Å²) >= 11 is 1.15. The van der Waals surface area contributed by atoms with Crippen molar-refractivity contribution >= 4 is 11.8 Å². The van der Waals surface area contributed by atoms with E-state index in [-0.39, 0.29) is 0 Å². The highest BCUT2D eigenvalue weighted by molar-refractivity contribution is 8.02. The lowest BCUT2D eigenvalue weighted by molar-refractivity contribution is -0.157. The van der Waals surface area contributed by atoms with E-state index in [0.717, 1.165) is 11.8 Å². The highest BCUT2D eigenvalue weighted by atomic mass is 32.2. The van der Waals surface area contributed by atoms with Gasteiger partial charge in [0.05, 0.1) is 5.92 Å². The molecule has 76 valence electrons. The van der Waals surface area contributed by atoms with Gasteiger partial charge in [0, 0.05) is 0 Å². The van der Waals surface area contributed by atoms with Gasteiger partial charge in [-0.05, 0) is 25.0 Å². The van der Waals surface area contributed by atoms with Crippen LogP contribution in [0.5, 0.6) is 0 Å². The van der Waals surface area contributed by atoms with Gasteiger partial charge in [0.15, 0.2) is 0 Å². The molecule has 4 heteroatoms. The fraction of sp³-hybridized carbons (Fsp3) is 0.556. The predicted molar refractivity (Wildman–Crippen MR) is 52.4 cm³/mol. The zero-order valence-corrected chi connectivity index (χ0v) is 8.67. The minimum absolute atomic E-state index is 0.373. The number of rotatable bonds is 2. The Hall–Kier alpha value is -0.560. The molecule has 0 fully saturated rings. The lowest BCUT2D eigenvalue weighted by Crippen LogP contribution is -2.20.